The Hall–Kier alpha value is -1.12. The molecule has 0 saturated carbocycles. The van der Waals surface area contributed by atoms with Gasteiger partial charge in [-0.05, 0) is 0 Å². The second-order valence-corrected chi connectivity index (χ2v) is 2.96. The Morgan fingerprint density at radius 2 is 1.53 bits per heavy atom. The second kappa shape index (κ2) is 7.21. The third-order valence-corrected chi connectivity index (χ3v) is 1.93. The zero-order chi connectivity index (χ0) is 8.93. The van der Waals surface area contributed by atoms with Crippen LogP contribution in [0, 0.1) is 0 Å². The van der Waals surface area contributed by atoms with Crippen LogP contribution in [0.3, 0.4) is 0 Å². The zero-order valence-electron chi connectivity index (χ0n) is 8.11. The molecular weight excluding hydrogens is 231 g/mol. The van der Waals surface area contributed by atoms with Crippen LogP contribution in [0.4, 0.5) is 0 Å². The van der Waals surface area contributed by atoms with Crippen molar-refractivity contribution in [3.05, 3.63) is 60.7 Å². The van der Waals surface area contributed by atoms with E-state index >= 15 is 0 Å². The molecule has 0 aliphatic rings. The van der Waals surface area contributed by atoms with Crippen LogP contribution in [0.25, 0.3) is 0 Å². The number of aromatic amines is 1. The van der Waals surface area contributed by atoms with Crippen LogP contribution in [-0.4, -0.2) is 0 Å². The number of hydrogen-bond donors (Lipinski definition) is 0. The third-order valence-electron chi connectivity index (χ3n) is 1.93. The molecular formula is C11H12Cl2N2. The van der Waals surface area contributed by atoms with E-state index in [2.05, 4.69) is 34.1 Å². The summed E-state index contributed by atoms with van der Waals surface area (Å²) in [5, 5.41) is 0. The summed E-state index contributed by atoms with van der Waals surface area (Å²) in [5.74, 6) is 0. The molecule has 2 aromatic rings. The van der Waals surface area contributed by atoms with E-state index in [1.165, 1.54) is 5.56 Å². The van der Waals surface area contributed by atoms with Gasteiger partial charge in [-0.25, -0.2) is 9.55 Å². The van der Waals surface area contributed by atoms with Crippen LogP contribution >= 0.6 is 0 Å². The highest BCUT2D eigenvalue weighted by atomic mass is 35.5. The lowest BCUT2D eigenvalue weighted by Gasteiger charge is -1.93. The van der Waals surface area contributed by atoms with Crippen molar-refractivity contribution in [1.29, 1.82) is 0 Å². The number of nitrogens with one attached hydrogen (secondary N) is 1. The highest BCUT2D eigenvalue weighted by Crippen LogP contribution is 1.92. The number of hydrogen-bond acceptors (Lipinski definition) is 0. The number of nitrogens with zero attached hydrogens (tertiary/aromatic N) is 1. The van der Waals surface area contributed by atoms with Gasteiger partial charge in [-0.3, -0.25) is 0 Å². The van der Waals surface area contributed by atoms with Gasteiger partial charge in [0.25, 0.3) is 0 Å². The Morgan fingerprint density at radius 3 is 2.13 bits per heavy atom. The van der Waals surface area contributed by atoms with Crippen molar-refractivity contribution in [1.82, 2.24) is 0 Å². The average Bonchev–Trinajstić information content (AvgIpc) is 2.21. The second-order valence-electron chi connectivity index (χ2n) is 2.96. The highest BCUT2D eigenvalue weighted by molar-refractivity contribution is 5.04. The molecule has 1 N–H and O–H groups in total. The highest BCUT2D eigenvalue weighted by Gasteiger charge is 2.00. The lowest BCUT2D eigenvalue weighted by atomic mass is 10.2. The zero-order valence-corrected chi connectivity index (χ0v) is 9.62. The maximum Gasteiger partial charge on any atom is 0.174 e. The van der Waals surface area contributed by atoms with Crippen LogP contribution < -0.4 is 34.4 Å². The van der Waals surface area contributed by atoms with Gasteiger partial charge in [0.1, 0.15) is 0 Å². The molecule has 0 aliphatic carbocycles. The first kappa shape index (κ1) is 13.9. The van der Waals surface area contributed by atoms with Crippen LogP contribution in [-0.2, 0) is 6.54 Å². The van der Waals surface area contributed by atoms with E-state index in [0.717, 1.165) is 6.54 Å². The van der Waals surface area contributed by atoms with Crippen LogP contribution in [0.15, 0.2) is 55.1 Å². The molecule has 80 valence electrons. The maximum atomic E-state index is 3.01. The predicted octanol–water partition coefficient (Wildman–Crippen LogP) is -5.16. The number of aromatic nitrogens is 2. The van der Waals surface area contributed by atoms with Gasteiger partial charge >= 0.3 is 0 Å². The quantitative estimate of drug-likeness (QED) is 0.470. The summed E-state index contributed by atoms with van der Waals surface area (Å²) in [6.45, 7) is 0.926. The molecule has 0 radical (unpaired) electrons. The van der Waals surface area contributed by atoms with Crippen molar-refractivity contribution < 1.29 is 34.4 Å². The van der Waals surface area contributed by atoms with Crippen LogP contribution in [0.1, 0.15) is 5.56 Å². The van der Waals surface area contributed by atoms with Crippen molar-refractivity contribution in [3.63, 3.8) is 0 Å². The molecule has 0 unspecified atom stereocenters. The largest absolute Gasteiger partial charge is 1.00 e. The van der Waals surface area contributed by atoms with Crippen molar-refractivity contribution in [2.75, 3.05) is 0 Å². The molecule has 0 fully saturated rings. The van der Waals surface area contributed by atoms with E-state index in [-0.39, 0.29) is 24.8 Å². The molecule has 0 aromatic carbocycles. The Bertz CT molecular complexity index is 327. The minimum Gasteiger partial charge on any atom is -1.00 e. The molecule has 2 rings (SSSR count). The standard InChI is InChI=1S/C11H11N2.2ClH/c1-2-8-13(9-3-1)10-11-4-6-12-7-5-11;;/h1-9H,10H2;2*1H/q+1;;/p-1. The van der Waals surface area contributed by atoms with Gasteiger partial charge in [0.15, 0.2) is 31.3 Å². The van der Waals surface area contributed by atoms with Gasteiger partial charge in [0, 0.05) is 29.8 Å². The van der Waals surface area contributed by atoms with E-state index in [1.54, 1.807) is 0 Å². The normalized spacial score (nSPS) is 8.53. The number of rotatable bonds is 2. The Kier molecular flexibility index (Phi) is 6.67. The summed E-state index contributed by atoms with van der Waals surface area (Å²) in [7, 11) is 0. The summed E-state index contributed by atoms with van der Waals surface area (Å²) < 4.78 is 2.15. The molecule has 0 saturated heterocycles. The lowest BCUT2D eigenvalue weighted by Crippen LogP contribution is -3.00. The van der Waals surface area contributed by atoms with Crippen molar-refractivity contribution in [3.8, 4) is 0 Å². The van der Waals surface area contributed by atoms with Crippen LogP contribution in [0.5, 0.6) is 0 Å². The molecule has 0 atom stereocenters. The number of H-pyrrole nitrogens is 1. The third kappa shape index (κ3) is 4.28. The van der Waals surface area contributed by atoms with E-state index in [1.807, 2.05) is 30.6 Å². The lowest BCUT2D eigenvalue weighted by molar-refractivity contribution is -0.688. The van der Waals surface area contributed by atoms with Crippen molar-refractivity contribution >= 4 is 0 Å². The Labute approximate surface area is 102 Å². The molecule has 0 aliphatic heterocycles. The molecule has 0 amide bonds. The van der Waals surface area contributed by atoms with Crippen LogP contribution in [0.2, 0.25) is 0 Å². The molecule has 0 bridgehead atoms. The SMILES string of the molecule is [Cl-].[Cl-].c1cc[n+](Cc2cc[nH+]cc2)cc1. The van der Waals surface area contributed by atoms with Crippen molar-refractivity contribution in [2.24, 2.45) is 0 Å². The van der Waals surface area contributed by atoms with Gasteiger partial charge in [-0.1, -0.05) is 6.07 Å². The molecule has 4 heteroatoms. The summed E-state index contributed by atoms with van der Waals surface area (Å²) in [4.78, 5) is 3.01. The smallest absolute Gasteiger partial charge is 0.174 e. The van der Waals surface area contributed by atoms with E-state index < -0.39 is 0 Å². The summed E-state index contributed by atoms with van der Waals surface area (Å²) in [6.07, 6.45) is 8.02. The fourth-order valence-corrected chi connectivity index (χ4v) is 1.28. The van der Waals surface area contributed by atoms with E-state index in [9.17, 15) is 0 Å². The molecule has 15 heavy (non-hydrogen) atoms. The Morgan fingerprint density at radius 1 is 0.933 bits per heavy atom. The Balaban J connectivity index is 0.000000980. The van der Waals surface area contributed by atoms with E-state index in [0.29, 0.717) is 0 Å². The summed E-state index contributed by atoms with van der Waals surface area (Å²) >= 11 is 0. The first-order valence-electron chi connectivity index (χ1n) is 4.34. The minimum atomic E-state index is 0. The van der Waals surface area contributed by atoms with Gasteiger partial charge in [-0.15, -0.1) is 0 Å². The molecule has 2 aromatic heterocycles. The average molecular weight is 243 g/mol. The fraction of sp³-hybridized carbons (Fsp3) is 0.0909. The summed E-state index contributed by atoms with van der Waals surface area (Å²) in [6, 6.07) is 10.3. The van der Waals surface area contributed by atoms with E-state index in [4.69, 9.17) is 0 Å². The first-order valence-corrected chi connectivity index (χ1v) is 4.34. The maximum absolute atomic E-state index is 3.01. The van der Waals surface area contributed by atoms with Crippen molar-refractivity contribution in [2.45, 2.75) is 6.54 Å². The minimum absolute atomic E-state index is 0. The topological polar surface area (TPSA) is 18.0 Å². The predicted molar refractivity (Wildman–Crippen MR) is 48.7 cm³/mol. The monoisotopic (exact) mass is 242 g/mol. The fourth-order valence-electron chi connectivity index (χ4n) is 1.28. The van der Waals surface area contributed by atoms with Gasteiger partial charge in [0.2, 0.25) is 0 Å². The number of halogens is 2. The van der Waals surface area contributed by atoms with Gasteiger partial charge in [0.05, 0.1) is 0 Å². The summed E-state index contributed by atoms with van der Waals surface area (Å²) in [5.41, 5.74) is 1.30. The molecule has 2 heterocycles. The first-order chi connectivity index (χ1) is 6.45. The number of pyridine rings is 2. The molecule has 2 nitrogen and oxygen atoms in total. The van der Waals surface area contributed by atoms with Gasteiger partial charge < -0.3 is 24.8 Å². The molecule has 0 spiro atoms. The van der Waals surface area contributed by atoms with Gasteiger partial charge in [-0.2, -0.15) is 0 Å².